The van der Waals surface area contributed by atoms with E-state index in [1.165, 1.54) is 96.3 Å². The summed E-state index contributed by atoms with van der Waals surface area (Å²) in [5.41, 5.74) is 0. The Balaban J connectivity index is 2.49. The standard InChI is InChI=1S/C38H75NO9/c1-3-5-7-9-11-13-15-17-19-21-23-25-27-33(42)39-30(29-47-38-37(46)36(45)35(44)32(28-40)48-38)34(43)31(41)26-24-22-20-18-16-14-12-10-8-6-4-2/h30-32,34-38,40-41,43-46H,3-29H2,1-2H3,(H,39,42)/t30-,31+,32+,34-,35-,36?,37?,38+/m0/s1. The number of carbonyl (C=O) groups is 1. The summed E-state index contributed by atoms with van der Waals surface area (Å²) in [5, 5.41) is 64.8. The maximum Gasteiger partial charge on any atom is 0.220 e. The van der Waals surface area contributed by atoms with E-state index in [1.54, 1.807) is 0 Å². The zero-order valence-electron chi connectivity index (χ0n) is 30.6. The minimum absolute atomic E-state index is 0.259. The Kier molecular flexibility index (Phi) is 28.1. The molecule has 0 aromatic rings. The van der Waals surface area contributed by atoms with Crippen LogP contribution in [-0.4, -0.2) is 98.7 Å². The molecule has 1 aliphatic rings. The van der Waals surface area contributed by atoms with Gasteiger partial charge in [0.25, 0.3) is 0 Å². The number of aliphatic hydroxyl groups is 6. The molecule has 0 radical (unpaired) electrons. The van der Waals surface area contributed by atoms with Crippen molar-refractivity contribution in [3.8, 4) is 0 Å². The van der Waals surface area contributed by atoms with Crippen molar-refractivity contribution in [3.05, 3.63) is 0 Å². The van der Waals surface area contributed by atoms with Gasteiger partial charge in [-0.1, -0.05) is 155 Å². The monoisotopic (exact) mass is 690 g/mol. The molecule has 10 nitrogen and oxygen atoms in total. The molecule has 1 amide bonds. The Morgan fingerprint density at radius 3 is 1.54 bits per heavy atom. The maximum absolute atomic E-state index is 12.9. The number of hydrogen-bond donors (Lipinski definition) is 7. The second-order valence-corrected chi connectivity index (χ2v) is 14.2. The van der Waals surface area contributed by atoms with Crippen LogP contribution in [0.5, 0.6) is 0 Å². The first kappa shape index (κ1) is 45.2. The minimum atomic E-state index is -1.60. The van der Waals surface area contributed by atoms with Crippen LogP contribution in [0.15, 0.2) is 0 Å². The molecule has 8 atom stereocenters. The van der Waals surface area contributed by atoms with Crippen LogP contribution >= 0.6 is 0 Å². The van der Waals surface area contributed by atoms with E-state index < -0.39 is 55.6 Å². The van der Waals surface area contributed by atoms with Crippen molar-refractivity contribution in [1.29, 1.82) is 0 Å². The highest BCUT2D eigenvalue weighted by atomic mass is 16.7. The number of carbonyl (C=O) groups excluding carboxylic acids is 1. The molecule has 1 heterocycles. The molecule has 10 heteroatoms. The fraction of sp³-hybridized carbons (Fsp3) is 0.974. The molecule has 0 saturated carbocycles. The van der Waals surface area contributed by atoms with Gasteiger partial charge >= 0.3 is 0 Å². The SMILES string of the molecule is CCCCCCCCCCCCCCC(=O)N[C@@H](CO[C@@H]1O[C@H](CO)[C@H](O)C(O)C1O)[C@H](O)[C@H](O)CCCCCCCCCCCCC. The molecule has 1 rings (SSSR count). The summed E-state index contributed by atoms with van der Waals surface area (Å²) in [4.78, 5) is 12.9. The van der Waals surface area contributed by atoms with Gasteiger partial charge in [0.2, 0.25) is 5.91 Å². The lowest BCUT2D eigenvalue weighted by atomic mass is 9.98. The van der Waals surface area contributed by atoms with Gasteiger partial charge in [-0.3, -0.25) is 4.79 Å². The zero-order valence-corrected chi connectivity index (χ0v) is 30.6. The van der Waals surface area contributed by atoms with Crippen LogP contribution in [0.25, 0.3) is 0 Å². The average Bonchev–Trinajstić information content (AvgIpc) is 3.08. The van der Waals surface area contributed by atoms with E-state index in [-0.39, 0.29) is 18.9 Å². The number of ether oxygens (including phenoxy) is 2. The summed E-state index contributed by atoms with van der Waals surface area (Å²) in [6.07, 6.45) is 18.3. The summed E-state index contributed by atoms with van der Waals surface area (Å²) in [6.45, 7) is 3.57. The number of rotatable bonds is 32. The van der Waals surface area contributed by atoms with Crippen molar-refractivity contribution in [2.24, 2.45) is 0 Å². The molecule has 0 aliphatic carbocycles. The second kappa shape index (κ2) is 29.8. The van der Waals surface area contributed by atoms with Crippen molar-refractivity contribution >= 4 is 5.91 Å². The maximum atomic E-state index is 12.9. The zero-order chi connectivity index (χ0) is 35.4. The predicted molar refractivity (Wildman–Crippen MR) is 190 cm³/mol. The molecule has 48 heavy (non-hydrogen) atoms. The van der Waals surface area contributed by atoms with Gasteiger partial charge in [-0.2, -0.15) is 0 Å². The van der Waals surface area contributed by atoms with Crippen molar-refractivity contribution in [2.45, 2.75) is 223 Å². The minimum Gasteiger partial charge on any atom is -0.394 e. The topological polar surface area (TPSA) is 169 Å². The molecule has 286 valence electrons. The van der Waals surface area contributed by atoms with Crippen LogP contribution in [0.4, 0.5) is 0 Å². The van der Waals surface area contributed by atoms with Crippen molar-refractivity contribution in [2.75, 3.05) is 13.2 Å². The molecule has 7 N–H and O–H groups in total. The van der Waals surface area contributed by atoms with Gasteiger partial charge in [-0.15, -0.1) is 0 Å². The molecular formula is C38H75NO9. The largest absolute Gasteiger partial charge is 0.394 e. The molecule has 0 spiro atoms. The fourth-order valence-corrected chi connectivity index (χ4v) is 6.49. The van der Waals surface area contributed by atoms with E-state index in [0.29, 0.717) is 6.42 Å². The Morgan fingerprint density at radius 2 is 1.08 bits per heavy atom. The summed E-state index contributed by atoms with van der Waals surface area (Å²) in [5.74, 6) is -0.259. The third kappa shape index (κ3) is 20.7. The van der Waals surface area contributed by atoms with Gasteiger partial charge in [0.1, 0.15) is 30.5 Å². The van der Waals surface area contributed by atoms with Crippen molar-refractivity contribution in [1.82, 2.24) is 5.32 Å². The first-order valence-electron chi connectivity index (χ1n) is 19.8. The molecule has 0 aromatic heterocycles. The number of amides is 1. The molecule has 1 fully saturated rings. The van der Waals surface area contributed by atoms with Crippen LogP contribution in [0.2, 0.25) is 0 Å². The molecule has 1 aliphatic heterocycles. The van der Waals surface area contributed by atoms with Gasteiger partial charge in [0.05, 0.1) is 25.4 Å². The van der Waals surface area contributed by atoms with E-state index in [2.05, 4.69) is 19.2 Å². The Hall–Kier alpha value is -0.850. The second-order valence-electron chi connectivity index (χ2n) is 14.2. The lowest BCUT2D eigenvalue weighted by Gasteiger charge is -2.40. The van der Waals surface area contributed by atoms with Crippen LogP contribution in [0, 0.1) is 0 Å². The lowest BCUT2D eigenvalue weighted by molar-refractivity contribution is -0.303. The normalized spacial score (nSPS) is 23.2. The van der Waals surface area contributed by atoms with Gasteiger partial charge in [-0.25, -0.2) is 0 Å². The van der Waals surface area contributed by atoms with E-state index in [1.807, 2.05) is 0 Å². The Morgan fingerprint density at radius 1 is 0.646 bits per heavy atom. The van der Waals surface area contributed by atoms with E-state index in [0.717, 1.165) is 51.4 Å². The quantitative estimate of drug-likeness (QED) is 0.0432. The summed E-state index contributed by atoms with van der Waals surface area (Å²) < 4.78 is 11.1. The van der Waals surface area contributed by atoms with Crippen molar-refractivity contribution < 1.29 is 44.9 Å². The first-order valence-corrected chi connectivity index (χ1v) is 19.8. The summed E-state index contributed by atoms with van der Waals surface area (Å²) in [6, 6.07) is -0.982. The number of hydrogen-bond acceptors (Lipinski definition) is 9. The third-order valence-corrected chi connectivity index (χ3v) is 9.80. The molecule has 1 saturated heterocycles. The van der Waals surface area contributed by atoms with Gasteiger partial charge in [0, 0.05) is 6.42 Å². The van der Waals surface area contributed by atoms with Gasteiger partial charge in [0.15, 0.2) is 6.29 Å². The highest BCUT2D eigenvalue weighted by Gasteiger charge is 2.44. The number of aliphatic hydroxyl groups excluding tert-OH is 6. The molecule has 0 bridgehead atoms. The van der Waals surface area contributed by atoms with Crippen LogP contribution in [-0.2, 0) is 14.3 Å². The fourth-order valence-electron chi connectivity index (χ4n) is 6.49. The Bertz CT molecular complexity index is 743. The number of unbranched alkanes of at least 4 members (excludes halogenated alkanes) is 21. The highest BCUT2D eigenvalue weighted by Crippen LogP contribution is 2.23. The van der Waals surface area contributed by atoms with Crippen LogP contribution in [0.1, 0.15) is 174 Å². The average molecular weight is 690 g/mol. The summed E-state index contributed by atoms with van der Waals surface area (Å²) in [7, 11) is 0. The van der Waals surface area contributed by atoms with Gasteiger partial charge in [-0.05, 0) is 12.8 Å². The highest BCUT2D eigenvalue weighted by molar-refractivity contribution is 5.76. The van der Waals surface area contributed by atoms with Crippen LogP contribution < -0.4 is 5.32 Å². The summed E-state index contributed by atoms with van der Waals surface area (Å²) >= 11 is 0. The van der Waals surface area contributed by atoms with E-state index in [4.69, 9.17) is 9.47 Å². The van der Waals surface area contributed by atoms with E-state index in [9.17, 15) is 35.4 Å². The first-order chi connectivity index (χ1) is 23.3. The molecule has 0 aromatic carbocycles. The lowest BCUT2D eigenvalue weighted by Crippen LogP contribution is -2.60. The smallest absolute Gasteiger partial charge is 0.220 e. The van der Waals surface area contributed by atoms with Gasteiger partial charge < -0.3 is 45.4 Å². The number of nitrogens with one attached hydrogen (secondary N) is 1. The molecular weight excluding hydrogens is 614 g/mol. The molecule has 2 unspecified atom stereocenters. The third-order valence-electron chi connectivity index (χ3n) is 9.80. The van der Waals surface area contributed by atoms with Crippen molar-refractivity contribution in [3.63, 3.8) is 0 Å². The predicted octanol–water partition coefficient (Wildman–Crippen LogP) is 5.80. The van der Waals surface area contributed by atoms with E-state index >= 15 is 0 Å². The Labute approximate surface area is 292 Å². The van der Waals surface area contributed by atoms with Crippen LogP contribution in [0.3, 0.4) is 0 Å².